The predicted octanol–water partition coefficient (Wildman–Crippen LogP) is 6.29. The van der Waals surface area contributed by atoms with Gasteiger partial charge in [0.05, 0.1) is 38.8 Å². The molecule has 0 spiro atoms. The van der Waals surface area contributed by atoms with Crippen molar-refractivity contribution in [2.45, 2.75) is 70.5 Å². The summed E-state index contributed by atoms with van der Waals surface area (Å²) in [4.78, 5) is 9.09. The van der Waals surface area contributed by atoms with Gasteiger partial charge in [0.1, 0.15) is 17.9 Å². The highest BCUT2D eigenvalue weighted by molar-refractivity contribution is 7.93. The van der Waals surface area contributed by atoms with Crippen LogP contribution in [0.1, 0.15) is 61.8 Å². The third-order valence-electron chi connectivity index (χ3n) is 7.33. The van der Waals surface area contributed by atoms with Crippen molar-refractivity contribution in [3.8, 4) is 5.75 Å². The summed E-state index contributed by atoms with van der Waals surface area (Å²) < 4.78 is 43.8. The number of hydrogen-bond acceptors (Lipinski definition) is 6. The van der Waals surface area contributed by atoms with E-state index in [-0.39, 0.29) is 18.0 Å². The molecule has 0 radical (unpaired) electrons. The Hall–Kier alpha value is -2.58. The first-order valence-corrected chi connectivity index (χ1v) is 14.7. The monoisotopic (exact) mass is 511 g/mol. The Morgan fingerprint density at radius 2 is 1.78 bits per heavy atom. The molecule has 0 atom stereocenters. The Bertz CT molecular complexity index is 1350. The molecule has 2 fully saturated rings. The molecule has 2 aromatic carbocycles. The predicted molar refractivity (Wildman–Crippen MR) is 141 cm³/mol. The number of hydrogen-bond donors (Lipinski definition) is 0. The van der Waals surface area contributed by atoms with Gasteiger partial charge < -0.3 is 9.47 Å². The van der Waals surface area contributed by atoms with E-state index in [1.807, 2.05) is 19.1 Å². The number of benzene rings is 2. The minimum Gasteiger partial charge on any atom is -0.490 e. The van der Waals surface area contributed by atoms with Crippen LogP contribution in [0.3, 0.4) is 0 Å². The molecule has 2 heterocycles. The van der Waals surface area contributed by atoms with Crippen LogP contribution in [0.5, 0.6) is 5.75 Å². The minimum atomic E-state index is -2.19. The summed E-state index contributed by atoms with van der Waals surface area (Å²) >= 11 is 0. The molecule has 0 unspecified atom stereocenters. The number of methoxy groups -OCH3 is 1. The first-order valence-electron chi connectivity index (χ1n) is 12.9. The Balaban J connectivity index is 1.44. The molecule has 36 heavy (non-hydrogen) atoms. The lowest BCUT2D eigenvalue weighted by Crippen LogP contribution is -2.28. The first-order chi connectivity index (χ1) is 17.4. The second-order valence-electron chi connectivity index (χ2n) is 9.99. The molecule has 0 N–H and O–H groups in total. The highest BCUT2D eigenvalue weighted by Crippen LogP contribution is 2.32. The first kappa shape index (κ1) is 25.1. The van der Waals surface area contributed by atoms with Gasteiger partial charge in [-0.25, -0.2) is 18.6 Å². The Morgan fingerprint density at radius 3 is 2.53 bits per heavy atom. The van der Waals surface area contributed by atoms with E-state index >= 15 is 0 Å². The van der Waals surface area contributed by atoms with E-state index < -0.39 is 9.73 Å². The van der Waals surface area contributed by atoms with Crippen molar-refractivity contribution in [2.24, 2.45) is 4.36 Å². The summed E-state index contributed by atoms with van der Waals surface area (Å²) in [5.41, 5.74) is 4.23. The van der Waals surface area contributed by atoms with Gasteiger partial charge in [-0.15, -0.1) is 0 Å². The summed E-state index contributed by atoms with van der Waals surface area (Å²) in [5, 5.41) is 0.950. The molecule has 3 aromatic rings. The van der Waals surface area contributed by atoms with Crippen LogP contribution in [0, 0.1) is 12.7 Å². The Kier molecular flexibility index (Phi) is 7.53. The lowest BCUT2D eigenvalue weighted by molar-refractivity contribution is 0.0324. The normalized spacial score (nSPS) is 21.9. The fourth-order valence-corrected chi connectivity index (χ4v) is 7.57. The molecule has 8 heteroatoms. The summed E-state index contributed by atoms with van der Waals surface area (Å²) in [6.07, 6.45) is 9.11. The van der Waals surface area contributed by atoms with Crippen molar-refractivity contribution in [3.63, 3.8) is 0 Å². The second kappa shape index (κ2) is 10.8. The Morgan fingerprint density at radius 1 is 1.03 bits per heavy atom. The van der Waals surface area contributed by atoms with Crippen molar-refractivity contribution in [2.75, 3.05) is 18.6 Å². The molecule has 5 rings (SSSR count). The maximum absolute atomic E-state index is 14.2. The van der Waals surface area contributed by atoms with Gasteiger partial charge in [-0.3, -0.25) is 0 Å². The van der Waals surface area contributed by atoms with Crippen LogP contribution >= 0.6 is 0 Å². The molecule has 0 bridgehead atoms. The second-order valence-corrected chi connectivity index (χ2v) is 12.5. The van der Waals surface area contributed by atoms with Crippen molar-refractivity contribution in [1.29, 1.82) is 0 Å². The zero-order valence-corrected chi connectivity index (χ0v) is 21.9. The van der Waals surface area contributed by atoms with Crippen molar-refractivity contribution in [3.05, 3.63) is 59.3 Å². The van der Waals surface area contributed by atoms with Crippen molar-refractivity contribution >= 4 is 26.3 Å². The third kappa shape index (κ3) is 5.70. The van der Waals surface area contributed by atoms with Gasteiger partial charge in [-0.2, -0.15) is 4.36 Å². The molecule has 1 aliphatic heterocycles. The molecule has 0 amide bonds. The van der Waals surface area contributed by atoms with Crippen molar-refractivity contribution < 1.29 is 18.1 Å². The van der Waals surface area contributed by atoms with Crippen LogP contribution in [0.25, 0.3) is 10.9 Å². The zero-order chi connectivity index (χ0) is 25.1. The quantitative estimate of drug-likeness (QED) is 0.389. The third-order valence-corrected chi connectivity index (χ3v) is 9.73. The molecule has 1 aliphatic carbocycles. The number of ether oxygens (including phenoxy) is 2. The molecule has 2 aliphatic rings. The van der Waals surface area contributed by atoms with Crippen LogP contribution in [0.2, 0.25) is 0 Å². The van der Waals surface area contributed by atoms with Gasteiger partial charge in [-0.05, 0) is 69.2 Å². The molecule has 192 valence electrons. The molecule has 1 aromatic heterocycles. The number of fused-ring (bicyclic) bond motifs is 1. The number of aromatic nitrogens is 2. The maximum atomic E-state index is 14.2. The molecule has 6 nitrogen and oxygen atoms in total. The summed E-state index contributed by atoms with van der Waals surface area (Å²) in [6.45, 7) is 2.01. The fraction of sp³-hybridized carbons (Fsp3) is 0.500. The van der Waals surface area contributed by atoms with E-state index in [4.69, 9.17) is 9.47 Å². The highest BCUT2D eigenvalue weighted by Gasteiger charge is 2.23. The van der Waals surface area contributed by atoms with Gasteiger partial charge >= 0.3 is 0 Å². The standard InChI is InChI=1S/C28H34FN3O3S/c1-19-14-22(32-36(33)12-4-3-5-13-36)17-26-28(19)25(30-18-31-26)15-20-6-7-21(29)16-27(20)35-24-10-8-23(34-2)9-11-24/h6-7,14,16-18,23-24H,3-5,8-13,15H2,1-2H3. The van der Waals surface area contributed by atoms with E-state index in [1.54, 1.807) is 19.5 Å². The smallest absolute Gasteiger partial charge is 0.126 e. The van der Waals surface area contributed by atoms with E-state index in [1.165, 1.54) is 12.1 Å². The van der Waals surface area contributed by atoms with Crippen LogP contribution in [-0.4, -0.2) is 45.0 Å². The van der Waals surface area contributed by atoms with Gasteiger partial charge in [-0.1, -0.05) is 12.5 Å². The average Bonchev–Trinajstić information content (AvgIpc) is 2.86. The van der Waals surface area contributed by atoms with Crippen LogP contribution < -0.4 is 4.74 Å². The topological polar surface area (TPSA) is 73.7 Å². The lowest BCUT2D eigenvalue weighted by Gasteiger charge is -2.28. The van der Waals surface area contributed by atoms with Crippen LogP contribution in [-0.2, 0) is 20.9 Å². The molecule has 1 saturated heterocycles. The van der Waals surface area contributed by atoms with Crippen LogP contribution in [0.4, 0.5) is 10.1 Å². The van der Waals surface area contributed by atoms with E-state index in [0.29, 0.717) is 29.4 Å². The van der Waals surface area contributed by atoms with Gasteiger partial charge in [0, 0.05) is 42.1 Å². The summed E-state index contributed by atoms with van der Waals surface area (Å²) in [5.74, 6) is 1.59. The lowest BCUT2D eigenvalue weighted by atomic mass is 9.94. The highest BCUT2D eigenvalue weighted by atomic mass is 32.2. The Labute approximate surface area is 212 Å². The SMILES string of the molecule is COC1CCC(Oc2cc(F)ccc2Cc2ncnc3cc(N=S4(=O)CCCCC4)cc(C)c23)CC1. The van der Waals surface area contributed by atoms with Crippen molar-refractivity contribution in [1.82, 2.24) is 9.97 Å². The van der Waals surface area contributed by atoms with E-state index in [9.17, 15) is 8.60 Å². The largest absolute Gasteiger partial charge is 0.490 e. The van der Waals surface area contributed by atoms with Gasteiger partial charge in [0.15, 0.2) is 0 Å². The van der Waals surface area contributed by atoms with E-state index in [2.05, 4.69) is 14.3 Å². The fourth-order valence-electron chi connectivity index (χ4n) is 5.39. The van der Waals surface area contributed by atoms with Crippen LogP contribution in [0.15, 0.2) is 41.0 Å². The number of rotatable bonds is 6. The summed E-state index contributed by atoms with van der Waals surface area (Å²) in [7, 11) is -0.447. The molecular weight excluding hydrogens is 477 g/mol. The average molecular weight is 512 g/mol. The molecular formula is C28H34FN3O3S. The zero-order valence-electron chi connectivity index (χ0n) is 21.0. The minimum absolute atomic E-state index is 0.0479. The maximum Gasteiger partial charge on any atom is 0.126 e. The summed E-state index contributed by atoms with van der Waals surface area (Å²) in [6, 6.07) is 8.62. The number of aryl methyl sites for hydroxylation is 1. The number of nitrogens with zero attached hydrogens (tertiary/aromatic N) is 3. The van der Waals surface area contributed by atoms with E-state index in [0.717, 1.165) is 72.7 Å². The van der Waals surface area contributed by atoms with Gasteiger partial charge in [0.2, 0.25) is 0 Å². The van der Waals surface area contributed by atoms with Gasteiger partial charge in [0.25, 0.3) is 0 Å². The number of halogens is 1. The molecule has 1 saturated carbocycles.